The first-order valence-corrected chi connectivity index (χ1v) is 8.24. The Hall–Kier alpha value is -3.08. The van der Waals surface area contributed by atoms with E-state index in [1.54, 1.807) is 6.07 Å². The lowest BCUT2D eigenvalue weighted by Crippen LogP contribution is -2.20. The molecule has 0 radical (unpaired) electrons. The number of nitrogens with zero attached hydrogens (tertiary/aromatic N) is 2. The summed E-state index contributed by atoms with van der Waals surface area (Å²) in [5, 5.41) is 10.0. The Kier molecular flexibility index (Phi) is 4.84. The minimum absolute atomic E-state index is 0.298. The van der Waals surface area contributed by atoms with E-state index < -0.39 is 0 Å². The summed E-state index contributed by atoms with van der Waals surface area (Å²) in [6.07, 6.45) is 1.86. The smallest absolute Gasteiger partial charge is 0.307 e. The summed E-state index contributed by atoms with van der Waals surface area (Å²) < 4.78 is 1.81. The Labute approximate surface area is 147 Å². The highest BCUT2D eigenvalue weighted by molar-refractivity contribution is 5.99. The van der Waals surface area contributed by atoms with Crippen LogP contribution in [0.15, 0.2) is 54.7 Å². The van der Waals surface area contributed by atoms with Crippen molar-refractivity contribution in [1.82, 2.24) is 9.78 Å². The van der Waals surface area contributed by atoms with Crippen molar-refractivity contribution in [2.24, 2.45) is 0 Å². The van der Waals surface area contributed by atoms with Crippen molar-refractivity contribution in [3.63, 3.8) is 0 Å². The molecule has 0 unspecified atom stereocenters. The third kappa shape index (κ3) is 4.26. The number of hydrogen-bond donors (Lipinski definition) is 2. The van der Waals surface area contributed by atoms with E-state index in [-0.39, 0.29) is 6.03 Å². The van der Waals surface area contributed by atoms with Gasteiger partial charge in [0.05, 0.1) is 6.54 Å². The normalized spacial score (nSPS) is 10.5. The molecule has 3 aromatic rings. The molecule has 0 bridgehead atoms. The van der Waals surface area contributed by atoms with Crippen LogP contribution in [0.4, 0.5) is 16.3 Å². The lowest BCUT2D eigenvalue weighted by Gasteiger charge is -2.09. The van der Waals surface area contributed by atoms with Gasteiger partial charge in [-0.15, -0.1) is 0 Å². The van der Waals surface area contributed by atoms with Gasteiger partial charge in [-0.25, -0.2) is 4.79 Å². The second kappa shape index (κ2) is 7.21. The van der Waals surface area contributed by atoms with Crippen molar-refractivity contribution in [3.8, 4) is 0 Å². The summed E-state index contributed by atoms with van der Waals surface area (Å²) >= 11 is 0. The maximum atomic E-state index is 12.2. The SMILES string of the molecule is Cc1ccc(NC(=O)Nc2ccn(Cc3ccccc3C)n2)c(C)c1. The minimum Gasteiger partial charge on any atom is -0.307 e. The molecule has 0 saturated carbocycles. The molecule has 3 rings (SSSR count). The molecule has 5 nitrogen and oxygen atoms in total. The molecule has 0 aliphatic heterocycles. The predicted octanol–water partition coefficient (Wildman–Crippen LogP) is 4.50. The zero-order chi connectivity index (χ0) is 17.8. The number of aryl methyl sites for hydroxylation is 3. The summed E-state index contributed by atoms with van der Waals surface area (Å²) in [4.78, 5) is 12.2. The van der Waals surface area contributed by atoms with Gasteiger partial charge in [-0.2, -0.15) is 5.10 Å². The monoisotopic (exact) mass is 334 g/mol. The van der Waals surface area contributed by atoms with E-state index in [0.717, 1.165) is 11.3 Å². The van der Waals surface area contributed by atoms with Crippen molar-refractivity contribution in [1.29, 1.82) is 0 Å². The van der Waals surface area contributed by atoms with E-state index in [2.05, 4.69) is 34.8 Å². The summed E-state index contributed by atoms with van der Waals surface area (Å²) in [6.45, 7) is 6.75. The largest absolute Gasteiger partial charge is 0.324 e. The molecule has 5 heteroatoms. The van der Waals surface area contributed by atoms with Crippen LogP contribution < -0.4 is 10.6 Å². The fourth-order valence-corrected chi connectivity index (χ4v) is 2.70. The molecule has 1 heterocycles. The van der Waals surface area contributed by atoms with Gasteiger partial charge in [0.25, 0.3) is 0 Å². The zero-order valence-electron chi connectivity index (χ0n) is 14.7. The van der Waals surface area contributed by atoms with Gasteiger partial charge in [-0.3, -0.25) is 10.00 Å². The van der Waals surface area contributed by atoms with Gasteiger partial charge in [0.1, 0.15) is 0 Å². The van der Waals surface area contributed by atoms with Crippen LogP contribution in [-0.2, 0) is 6.54 Å². The number of aromatic nitrogens is 2. The maximum absolute atomic E-state index is 12.2. The van der Waals surface area contributed by atoms with Crippen LogP contribution in [0, 0.1) is 20.8 Å². The highest BCUT2D eigenvalue weighted by atomic mass is 16.2. The van der Waals surface area contributed by atoms with E-state index in [4.69, 9.17) is 0 Å². The molecule has 0 saturated heterocycles. The topological polar surface area (TPSA) is 59.0 Å². The number of benzene rings is 2. The summed E-state index contributed by atoms with van der Waals surface area (Å²) in [5.74, 6) is 0.524. The van der Waals surface area contributed by atoms with Gasteiger partial charge >= 0.3 is 6.03 Å². The van der Waals surface area contributed by atoms with Crippen LogP contribution in [0.5, 0.6) is 0 Å². The average molecular weight is 334 g/mol. The van der Waals surface area contributed by atoms with Crippen LogP contribution in [0.25, 0.3) is 0 Å². The van der Waals surface area contributed by atoms with Crippen molar-refractivity contribution >= 4 is 17.5 Å². The summed E-state index contributed by atoms with van der Waals surface area (Å²) in [7, 11) is 0. The standard InChI is InChI=1S/C20H22N4O/c1-14-8-9-18(16(3)12-14)21-20(25)22-19-10-11-24(23-19)13-17-7-5-4-6-15(17)2/h4-12H,13H2,1-3H3,(H2,21,22,23,25). The second-order valence-corrected chi connectivity index (χ2v) is 6.22. The van der Waals surface area contributed by atoms with E-state index in [0.29, 0.717) is 12.4 Å². The second-order valence-electron chi connectivity index (χ2n) is 6.22. The number of hydrogen-bond acceptors (Lipinski definition) is 2. The Balaban J connectivity index is 1.63. The molecule has 25 heavy (non-hydrogen) atoms. The molecule has 0 atom stereocenters. The summed E-state index contributed by atoms with van der Waals surface area (Å²) in [6, 6.07) is 15.6. The third-order valence-corrected chi connectivity index (χ3v) is 4.11. The van der Waals surface area contributed by atoms with Gasteiger partial charge < -0.3 is 5.32 Å². The number of rotatable bonds is 4. The lowest BCUT2D eigenvalue weighted by molar-refractivity contribution is 0.262. The fourth-order valence-electron chi connectivity index (χ4n) is 2.70. The Bertz CT molecular complexity index is 898. The van der Waals surface area contributed by atoms with Crippen LogP contribution in [0.3, 0.4) is 0 Å². The Morgan fingerprint density at radius 3 is 2.56 bits per heavy atom. The molecule has 0 aliphatic carbocycles. The lowest BCUT2D eigenvalue weighted by atomic mass is 10.1. The van der Waals surface area contributed by atoms with Crippen LogP contribution in [0.2, 0.25) is 0 Å². The first kappa shape index (κ1) is 16.8. The molecule has 0 aliphatic rings. The number of urea groups is 1. The third-order valence-electron chi connectivity index (χ3n) is 4.11. The van der Waals surface area contributed by atoms with Crippen LogP contribution in [-0.4, -0.2) is 15.8 Å². The molecule has 2 aromatic carbocycles. The predicted molar refractivity (Wildman–Crippen MR) is 101 cm³/mol. The van der Waals surface area contributed by atoms with Crippen molar-refractivity contribution in [2.75, 3.05) is 10.6 Å². The van der Waals surface area contributed by atoms with Crippen molar-refractivity contribution < 1.29 is 4.79 Å². The molecular weight excluding hydrogens is 312 g/mol. The van der Waals surface area contributed by atoms with Gasteiger partial charge in [-0.1, -0.05) is 42.0 Å². The molecule has 2 N–H and O–H groups in total. The highest BCUT2D eigenvalue weighted by Crippen LogP contribution is 2.16. The number of nitrogens with one attached hydrogen (secondary N) is 2. The number of anilines is 2. The zero-order valence-corrected chi connectivity index (χ0v) is 14.7. The average Bonchev–Trinajstić information content (AvgIpc) is 2.99. The number of carbonyl (C=O) groups is 1. The maximum Gasteiger partial charge on any atom is 0.324 e. The Morgan fingerprint density at radius 1 is 1.00 bits per heavy atom. The van der Waals surface area contributed by atoms with E-state index >= 15 is 0 Å². The minimum atomic E-state index is -0.298. The van der Waals surface area contributed by atoms with Gasteiger partial charge in [-0.05, 0) is 43.5 Å². The molecule has 2 amide bonds. The highest BCUT2D eigenvalue weighted by Gasteiger charge is 2.08. The Morgan fingerprint density at radius 2 is 1.80 bits per heavy atom. The number of carbonyl (C=O) groups excluding carboxylic acids is 1. The van der Waals surface area contributed by atoms with E-state index in [9.17, 15) is 4.79 Å². The fraction of sp³-hybridized carbons (Fsp3) is 0.200. The van der Waals surface area contributed by atoms with Crippen LogP contribution >= 0.6 is 0 Å². The first-order valence-electron chi connectivity index (χ1n) is 8.24. The van der Waals surface area contributed by atoms with Crippen LogP contribution in [0.1, 0.15) is 22.3 Å². The molecule has 0 spiro atoms. The first-order chi connectivity index (χ1) is 12.0. The molecular formula is C20H22N4O. The van der Waals surface area contributed by atoms with Crippen molar-refractivity contribution in [3.05, 3.63) is 77.0 Å². The molecule has 1 aromatic heterocycles. The van der Waals surface area contributed by atoms with Gasteiger partial charge in [0.2, 0.25) is 0 Å². The van der Waals surface area contributed by atoms with Gasteiger partial charge in [0.15, 0.2) is 5.82 Å². The quantitative estimate of drug-likeness (QED) is 0.738. The molecule has 0 fully saturated rings. The molecule has 128 valence electrons. The van der Waals surface area contributed by atoms with Gasteiger partial charge in [0, 0.05) is 18.0 Å². The van der Waals surface area contributed by atoms with Crippen molar-refractivity contribution in [2.45, 2.75) is 27.3 Å². The number of amides is 2. The van der Waals surface area contributed by atoms with E-state index in [1.807, 2.05) is 55.1 Å². The summed E-state index contributed by atoms with van der Waals surface area (Å²) in [5.41, 5.74) is 5.41. The van der Waals surface area contributed by atoms with E-state index in [1.165, 1.54) is 16.7 Å².